The van der Waals surface area contributed by atoms with E-state index in [-0.39, 0.29) is 12.0 Å². The van der Waals surface area contributed by atoms with Crippen molar-refractivity contribution in [1.82, 2.24) is 4.90 Å². The zero-order chi connectivity index (χ0) is 16.6. The summed E-state index contributed by atoms with van der Waals surface area (Å²) in [5.74, 6) is 0.0481. The number of esters is 1. The first-order valence-electron chi connectivity index (χ1n) is 9.37. The van der Waals surface area contributed by atoms with Gasteiger partial charge in [0.1, 0.15) is 6.10 Å². The molecule has 0 radical (unpaired) electrons. The number of nitrogens with zero attached hydrogens (tertiary/aromatic N) is 1. The van der Waals surface area contributed by atoms with Crippen molar-refractivity contribution in [3.8, 4) is 0 Å². The Morgan fingerprint density at radius 1 is 1.21 bits per heavy atom. The van der Waals surface area contributed by atoms with Gasteiger partial charge in [-0.25, -0.2) is 4.79 Å². The minimum atomic E-state index is -1.46. The van der Waals surface area contributed by atoms with Crippen LogP contribution < -0.4 is 0 Å². The summed E-state index contributed by atoms with van der Waals surface area (Å²) >= 11 is 1.47. The Bertz CT molecular complexity index is 561. The number of fused-ring (bicyclic) bond motifs is 3. The third-order valence-corrected chi connectivity index (χ3v) is 7.25. The van der Waals surface area contributed by atoms with E-state index in [1.165, 1.54) is 17.8 Å². The van der Waals surface area contributed by atoms with Gasteiger partial charge in [0.05, 0.1) is 0 Å². The van der Waals surface area contributed by atoms with Gasteiger partial charge in [0, 0.05) is 17.3 Å². The molecule has 0 unspecified atom stereocenters. The summed E-state index contributed by atoms with van der Waals surface area (Å²) in [5.41, 5.74) is -1.46. The van der Waals surface area contributed by atoms with Crippen molar-refractivity contribution in [2.75, 3.05) is 19.6 Å². The first-order chi connectivity index (χ1) is 11.7. The molecule has 1 N–H and O–H groups in total. The van der Waals surface area contributed by atoms with Gasteiger partial charge in [-0.1, -0.05) is 25.3 Å². The topological polar surface area (TPSA) is 49.8 Å². The van der Waals surface area contributed by atoms with Gasteiger partial charge in [0.25, 0.3) is 0 Å². The predicted molar refractivity (Wildman–Crippen MR) is 93.8 cm³/mol. The van der Waals surface area contributed by atoms with Crippen LogP contribution >= 0.6 is 11.3 Å². The molecule has 4 aliphatic rings. The Kier molecular flexibility index (Phi) is 4.67. The Morgan fingerprint density at radius 2 is 1.96 bits per heavy atom. The summed E-state index contributed by atoms with van der Waals surface area (Å²) in [6.45, 7) is 3.08. The van der Waals surface area contributed by atoms with E-state index < -0.39 is 11.6 Å². The summed E-state index contributed by atoms with van der Waals surface area (Å²) < 4.78 is 5.94. The number of thiophene rings is 1. The molecule has 1 aromatic heterocycles. The van der Waals surface area contributed by atoms with E-state index in [0.29, 0.717) is 5.92 Å². The number of piperidine rings is 3. The van der Waals surface area contributed by atoms with E-state index in [2.05, 4.69) is 4.90 Å². The quantitative estimate of drug-likeness (QED) is 0.849. The van der Waals surface area contributed by atoms with Crippen molar-refractivity contribution >= 4 is 17.3 Å². The highest BCUT2D eigenvalue weighted by Crippen LogP contribution is 2.43. The number of carbonyl (C=O) groups excluding carboxylic acids is 1. The van der Waals surface area contributed by atoms with Gasteiger partial charge in [-0.05, 0) is 56.1 Å². The first kappa shape index (κ1) is 16.6. The van der Waals surface area contributed by atoms with E-state index in [1.807, 2.05) is 17.5 Å². The number of rotatable bonds is 4. The van der Waals surface area contributed by atoms with Gasteiger partial charge in [0.15, 0.2) is 5.60 Å². The van der Waals surface area contributed by atoms with Crippen LogP contribution in [0.5, 0.6) is 0 Å². The summed E-state index contributed by atoms with van der Waals surface area (Å²) in [6.07, 6.45) is 7.36. The Labute approximate surface area is 147 Å². The maximum absolute atomic E-state index is 13.1. The van der Waals surface area contributed by atoms with E-state index in [4.69, 9.17) is 4.74 Å². The molecule has 3 aliphatic heterocycles. The molecule has 24 heavy (non-hydrogen) atoms. The van der Waals surface area contributed by atoms with Crippen LogP contribution in [0.25, 0.3) is 0 Å². The molecule has 132 valence electrons. The number of hydrogen-bond donors (Lipinski definition) is 1. The molecule has 0 spiro atoms. The minimum absolute atomic E-state index is 0.0153. The standard InChI is InChI=1S/C19H27NO3S/c21-18(23-16-13-20-10-8-14(16)9-11-20)19(22,17-7-4-12-24-17)15-5-2-1-3-6-15/h4,7,12,14-16,22H,1-3,5-6,8-11,13H2/t16-,19-/m0/s1. The van der Waals surface area contributed by atoms with Gasteiger partial charge >= 0.3 is 5.97 Å². The molecule has 1 saturated carbocycles. The SMILES string of the molecule is O=C(O[C@H]1CN2CCC1CC2)[C@@](O)(c1cccs1)C1CCCCC1. The van der Waals surface area contributed by atoms with Crippen LogP contribution in [0.15, 0.2) is 17.5 Å². The van der Waals surface area contributed by atoms with Gasteiger partial charge in [-0.3, -0.25) is 4.90 Å². The van der Waals surface area contributed by atoms with Crippen molar-refractivity contribution in [2.45, 2.75) is 56.7 Å². The number of ether oxygens (including phenoxy) is 1. The second-order valence-corrected chi connectivity index (χ2v) is 8.61. The summed E-state index contributed by atoms with van der Waals surface area (Å²) in [4.78, 5) is 16.3. The van der Waals surface area contributed by atoms with Crippen molar-refractivity contribution in [1.29, 1.82) is 0 Å². The lowest BCUT2D eigenvalue weighted by Gasteiger charge is -2.45. The van der Waals surface area contributed by atoms with Gasteiger partial charge in [0.2, 0.25) is 0 Å². The monoisotopic (exact) mass is 349 g/mol. The van der Waals surface area contributed by atoms with Crippen LogP contribution in [0.1, 0.15) is 49.8 Å². The lowest BCUT2D eigenvalue weighted by molar-refractivity contribution is -0.189. The molecule has 2 atom stereocenters. The van der Waals surface area contributed by atoms with Crippen LogP contribution in [-0.4, -0.2) is 41.7 Å². The van der Waals surface area contributed by atoms with Crippen molar-refractivity contribution in [3.05, 3.63) is 22.4 Å². The molecule has 0 aromatic carbocycles. The van der Waals surface area contributed by atoms with E-state index in [1.54, 1.807) is 0 Å². The van der Waals surface area contributed by atoms with Crippen molar-refractivity contribution in [3.63, 3.8) is 0 Å². The van der Waals surface area contributed by atoms with Gasteiger partial charge < -0.3 is 9.84 Å². The Morgan fingerprint density at radius 3 is 2.54 bits per heavy atom. The smallest absolute Gasteiger partial charge is 0.344 e. The number of carbonyl (C=O) groups is 1. The lowest BCUT2D eigenvalue weighted by atomic mass is 9.76. The summed E-state index contributed by atoms with van der Waals surface area (Å²) in [5, 5.41) is 13.4. The molecule has 4 fully saturated rings. The van der Waals surface area contributed by atoms with Crippen LogP contribution in [0.4, 0.5) is 0 Å². The highest BCUT2D eigenvalue weighted by atomic mass is 32.1. The van der Waals surface area contributed by atoms with E-state index >= 15 is 0 Å². The second kappa shape index (κ2) is 6.77. The molecule has 5 heteroatoms. The van der Waals surface area contributed by atoms with Gasteiger partial charge in [-0.15, -0.1) is 11.3 Å². The molecule has 4 nitrogen and oxygen atoms in total. The van der Waals surface area contributed by atoms with Crippen molar-refractivity contribution < 1.29 is 14.6 Å². The molecular weight excluding hydrogens is 322 g/mol. The first-order valence-corrected chi connectivity index (χ1v) is 10.3. The van der Waals surface area contributed by atoms with Crippen molar-refractivity contribution in [2.24, 2.45) is 11.8 Å². The molecule has 3 saturated heterocycles. The van der Waals surface area contributed by atoms with Crippen LogP contribution in [0, 0.1) is 11.8 Å². The average Bonchev–Trinajstić information content (AvgIpc) is 3.18. The maximum Gasteiger partial charge on any atom is 0.344 e. The van der Waals surface area contributed by atoms with E-state index in [0.717, 1.165) is 63.0 Å². The fourth-order valence-electron chi connectivity index (χ4n) is 4.76. The second-order valence-electron chi connectivity index (χ2n) is 7.66. The third-order valence-electron chi connectivity index (χ3n) is 6.26. The molecule has 1 aromatic rings. The minimum Gasteiger partial charge on any atom is -0.458 e. The normalized spacial score (nSPS) is 33.1. The maximum atomic E-state index is 13.1. The number of hydrogen-bond acceptors (Lipinski definition) is 5. The molecule has 4 heterocycles. The largest absolute Gasteiger partial charge is 0.458 e. The Hall–Kier alpha value is -0.910. The molecular formula is C19H27NO3S. The fraction of sp³-hybridized carbons (Fsp3) is 0.737. The highest BCUT2D eigenvalue weighted by molar-refractivity contribution is 7.10. The zero-order valence-electron chi connectivity index (χ0n) is 14.2. The van der Waals surface area contributed by atoms with Crippen LogP contribution in [-0.2, 0) is 15.1 Å². The Balaban J connectivity index is 1.55. The fourth-order valence-corrected chi connectivity index (χ4v) is 5.65. The molecule has 0 amide bonds. The molecule has 1 aliphatic carbocycles. The average molecular weight is 349 g/mol. The summed E-state index contributed by atoms with van der Waals surface area (Å²) in [7, 11) is 0. The van der Waals surface area contributed by atoms with E-state index in [9.17, 15) is 9.90 Å². The number of aliphatic hydroxyl groups is 1. The molecule has 5 rings (SSSR count). The lowest BCUT2D eigenvalue weighted by Crippen LogP contribution is -2.54. The zero-order valence-corrected chi connectivity index (χ0v) is 15.0. The third kappa shape index (κ3) is 2.91. The summed E-state index contributed by atoms with van der Waals surface area (Å²) in [6, 6.07) is 3.80. The highest BCUT2D eigenvalue weighted by Gasteiger charge is 2.49. The van der Waals surface area contributed by atoms with Crippen LogP contribution in [0.2, 0.25) is 0 Å². The van der Waals surface area contributed by atoms with Gasteiger partial charge in [-0.2, -0.15) is 0 Å². The van der Waals surface area contributed by atoms with Crippen LogP contribution in [0.3, 0.4) is 0 Å². The predicted octanol–water partition coefficient (Wildman–Crippen LogP) is 3.15. The molecule has 2 bridgehead atoms.